The number of anilines is 1. The maximum atomic E-state index is 15.6. The molecule has 4 aromatic rings. The van der Waals surface area contributed by atoms with Crippen LogP contribution in [0, 0.1) is 11.3 Å². The van der Waals surface area contributed by atoms with Crippen LogP contribution in [0.2, 0.25) is 32.2 Å². The minimum atomic E-state index is -2.30. The second kappa shape index (κ2) is 21.9. The summed E-state index contributed by atoms with van der Waals surface area (Å²) >= 11 is 1.55. The van der Waals surface area contributed by atoms with E-state index in [1.54, 1.807) is 31.3 Å². The van der Waals surface area contributed by atoms with E-state index >= 15 is 9.59 Å². The number of aromatic nitrogens is 3. The predicted molar refractivity (Wildman–Crippen MR) is 310 cm³/mol. The first-order valence-electron chi connectivity index (χ1n) is 27.8. The number of nitrogens with one attached hydrogen (secondary N) is 2. The van der Waals surface area contributed by atoms with Gasteiger partial charge in [-0.1, -0.05) is 68.0 Å². The average Bonchev–Trinajstić information content (AvgIpc) is 3.76. The van der Waals surface area contributed by atoms with Gasteiger partial charge in [0.05, 0.1) is 32.4 Å². The number of H-pyrrole nitrogens is 1. The number of azide groups is 1. The van der Waals surface area contributed by atoms with Crippen molar-refractivity contribution in [1.29, 1.82) is 0 Å². The fourth-order valence-corrected chi connectivity index (χ4v) is 25.6. The summed E-state index contributed by atoms with van der Waals surface area (Å²) in [4.78, 5) is 53.1. The van der Waals surface area contributed by atoms with Gasteiger partial charge >= 0.3 is 5.97 Å². The number of esters is 1. The van der Waals surface area contributed by atoms with E-state index in [9.17, 15) is 15.3 Å². The first-order chi connectivity index (χ1) is 37.0. The van der Waals surface area contributed by atoms with Crippen LogP contribution in [0.15, 0.2) is 71.2 Å². The molecule has 0 unspecified atom stereocenters. The smallest absolute Gasteiger partial charge is 0.322 e. The lowest BCUT2D eigenvalue weighted by Gasteiger charge is -2.63. The summed E-state index contributed by atoms with van der Waals surface area (Å²) < 4.78 is 19.5. The molecule has 1 amide bonds. The van der Waals surface area contributed by atoms with Gasteiger partial charge in [-0.05, 0) is 131 Å². The zero-order chi connectivity index (χ0) is 56.2. The number of benzene rings is 2. The summed E-state index contributed by atoms with van der Waals surface area (Å²) in [5, 5.41) is 48.3. The average molecular weight is 1120 g/mol. The Morgan fingerprint density at radius 1 is 1.01 bits per heavy atom. The third-order valence-electron chi connectivity index (χ3n) is 18.3. The highest BCUT2D eigenvalue weighted by Gasteiger charge is 2.78. The zero-order valence-corrected chi connectivity index (χ0v) is 50.4. The van der Waals surface area contributed by atoms with Crippen LogP contribution >= 0.6 is 11.8 Å². The molecule has 1 aliphatic carbocycles. The lowest BCUT2D eigenvalue weighted by atomic mass is 9.47. The Bertz CT molecular complexity index is 2980. The number of thioether (sulfide) groups is 1. The molecule has 0 radical (unpaired) electrons. The summed E-state index contributed by atoms with van der Waals surface area (Å²) in [5.41, 5.74) is 7.55. The van der Waals surface area contributed by atoms with Gasteiger partial charge in [0.25, 0.3) is 5.91 Å². The highest BCUT2D eigenvalue weighted by Crippen LogP contribution is 2.67. The molecule has 18 nitrogen and oxygen atoms in total. The third kappa shape index (κ3) is 9.80. The molecule has 1 saturated heterocycles. The van der Waals surface area contributed by atoms with Crippen LogP contribution in [0.1, 0.15) is 87.2 Å². The van der Waals surface area contributed by atoms with Gasteiger partial charge in [-0.2, -0.15) is 0 Å². The van der Waals surface area contributed by atoms with Crippen molar-refractivity contribution in [3.05, 3.63) is 99.3 Å². The number of rotatable bonds is 17. The number of hydrogen-bond donors (Lipinski definition) is 5. The Morgan fingerprint density at radius 2 is 1.76 bits per heavy atom. The van der Waals surface area contributed by atoms with Gasteiger partial charge in [0, 0.05) is 107 Å². The summed E-state index contributed by atoms with van der Waals surface area (Å²) in [7, 11) is 2.53. The molecule has 9 rings (SSSR count). The fourth-order valence-electron chi connectivity index (χ4n) is 15.2. The van der Waals surface area contributed by atoms with Gasteiger partial charge in [-0.25, -0.2) is 9.97 Å². The molecule has 4 aliphatic heterocycles. The second-order valence-electron chi connectivity index (χ2n) is 24.4. The maximum Gasteiger partial charge on any atom is 0.322 e. The number of carbonyl (C=O) groups is 2. The number of para-hydroxylation sites is 1. The topological polar surface area (TPSA) is 235 Å². The SMILES string of the molecule is CC[C@]1(O)C[C@H](C)C[C@](C(=O)OC)(c2cc3c(cc2OC)N(C)[C@H]2[C@@](O)(C(=O)NCCC[Si](C)(C)O[Si](C)(C)CSc4ncc(CN=[N+]=[N-])cn4)[C@H](O)[C@]4(CC)C=CCN5CC[C@]32[C@@H]54)c2[nH]c3ccccc3c2CCN(C)C1. The zero-order valence-electron chi connectivity index (χ0n) is 47.6. The monoisotopic (exact) mass is 1120 g/mol. The molecular formula is C57H82N10O8SSi2. The number of fused-ring (bicyclic) bond motifs is 4. The molecule has 0 bridgehead atoms. The van der Waals surface area contributed by atoms with Crippen molar-refractivity contribution < 1.29 is 38.5 Å². The molecule has 2 aromatic carbocycles. The minimum absolute atomic E-state index is 0.196. The number of aliphatic hydroxyl groups excluding tert-OH is 1. The van der Waals surface area contributed by atoms with Crippen LogP contribution in [-0.2, 0) is 42.2 Å². The number of hydrogen-bond acceptors (Lipinski definition) is 15. The number of aliphatic hydroxyl groups is 3. The second-order valence-corrected chi connectivity index (χ2v) is 34.6. The third-order valence-corrected chi connectivity index (χ3v) is 28.1. The number of likely N-dealkylation sites (N-methyl/N-ethyl adjacent to an activating group) is 2. The van der Waals surface area contributed by atoms with Gasteiger partial charge in [0.2, 0.25) is 0 Å². The van der Waals surface area contributed by atoms with Gasteiger partial charge in [-0.3, -0.25) is 14.5 Å². The van der Waals surface area contributed by atoms with Crippen molar-refractivity contribution in [2.45, 2.75) is 150 Å². The Kier molecular flexibility index (Phi) is 16.3. The van der Waals surface area contributed by atoms with Crippen LogP contribution in [0.25, 0.3) is 21.3 Å². The molecule has 2 aromatic heterocycles. The highest BCUT2D eigenvalue weighted by atomic mass is 32.2. The van der Waals surface area contributed by atoms with E-state index in [1.165, 1.54) is 7.11 Å². The Hall–Kier alpha value is -4.81. The van der Waals surface area contributed by atoms with E-state index in [2.05, 4.69) is 97.5 Å². The number of nitrogens with zero attached hydrogens (tertiary/aromatic N) is 8. The minimum Gasteiger partial charge on any atom is -0.496 e. The molecule has 2 fully saturated rings. The fraction of sp³-hybridized carbons (Fsp3) is 0.614. The quantitative estimate of drug-likeness (QED) is 0.00783. The molecule has 21 heteroatoms. The van der Waals surface area contributed by atoms with Crippen molar-refractivity contribution in [3.8, 4) is 5.75 Å². The van der Waals surface area contributed by atoms with E-state index < -0.39 is 68.1 Å². The highest BCUT2D eigenvalue weighted by molar-refractivity contribution is 8.00. The number of ether oxygens (including phenoxy) is 2. The van der Waals surface area contributed by atoms with E-state index in [1.807, 2.05) is 57.1 Å². The number of carbonyl (C=O) groups excluding carboxylic acids is 2. The van der Waals surface area contributed by atoms with Crippen molar-refractivity contribution >= 4 is 56.9 Å². The number of amides is 1. The Morgan fingerprint density at radius 3 is 2.45 bits per heavy atom. The van der Waals surface area contributed by atoms with Crippen molar-refractivity contribution in [2.75, 3.05) is 71.3 Å². The van der Waals surface area contributed by atoms with Gasteiger partial charge in [-0.15, -0.1) is 0 Å². The molecule has 1 saturated carbocycles. The van der Waals surface area contributed by atoms with Crippen LogP contribution in [0.4, 0.5) is 5.69 Å². The molecule has 6 heterocycles. The van der Waals surface area contributed by atoms with E-state index in [-0.39, 0.29) is 31.5 Å². The van der Waals surface area contributed by atoms with Crippen LogP contribution in [0.5, 0.6) is 5.75 Å². The molecule has 78 heavy (non-hydrogen) atoms. The van der Waals surface area contributed by atoms with Gasteiger partial charge in [0.15, 0.2) is 27.4 Å². The number of aromatic amines is 1. The first-order valence-corrected chi connectivity index (χ1v) is 35.1. The lowest BCUT2D eigenvalue weighted by molar-refractivity contribution is -0.203. The lowest BCUT2D eigenvalue weighted by Crippen LogP contribution is -2.81. The van der Waals surface area contributed by atoms with Crippen molar-refractivity contribution in [3.63, 3.8) is 0 Å². The molecule has 5 aliphatic rings. The molecule has 5 N–H and O–H groups in total. The predicted octanol–water partition coefficient (Wildman–Crippen LogP) is 7.75. The van der Waals surface area contributed by atoms with E-state index in [0.717, 1.165) is 50.4 Å². The van der Waals surface area contributed by atoms with Crippen LogP contribution < -0.4 is 15.0 Å². The van der Waals surface area contributed by atoms with Crippen LogP contribution in [-0.4, -0.2) is 164 Å². The Labute approximate surface area is 466 Å². The summed E-state index contributed by atoms with van der Waals surface area (Å²) in [6.45, 7) is 17.9. The summed E-state index contributed by atoms with van der Waals surface area (Å²) in [5.74, 6) is -0.819. The first kappa shape index (κ1) is 57.9. The van der Waals surface area contributed by atoms with E-state index in [0.29, 0.717) is 81.2 Å². The largest absolute Gasteiger partial charge is 0.496 e. The normalized spacial score (nSPS) is 30.2. The molecule has 422 valence electrons. The summed E-state index contributed by atoms with van der Waals surface area (Å²) in [6, 6.07) is 11.8. The van der Waals surface area contributed by atoms with Gasteiger partial charge in [0.1, 0.15) is 17.3 Å². The van der Waals surface area contributed by atoms with Crippen LogP contribution in [0.3, 0.4) is 0 Å². The van der Waals surface area contributed by atoms with Crippen molar-refractivity contribution in [1.82, 2.24) is 30.1 Å². The molecular weight excluding hydrogens is 1040 g/mol. The van der Waals surface area contributed by atoms with Crippen molar-refractivity contribution in [2.24, 2.45) is 16.4 Å². The molecule has 1 spiro atoms. The van der Waals surface area contributed by atoms with Gasteiger partial charge < -0.3 is 49.0 Å². The summed E-state index contributed by atoms with van der Waals surface area (Å²) in [6.07, 6.45) is 9.52. The number of β-amino-alcohol motifs (C(OH)–C–C–N with tert-alkyl or cyclic N) is 1. The molecule has 9 atom stereocenters. The Balaban J connectivity index is 1.09. The standard InChI is InChI=1S/C57H82N10O8SSi2/c1-12-53(71)30-37(3)31-56(51(70)74-7,46-40(20-25-65(4)35-53)39-18-14-15-19-43(39)63-46)42-28-41-44(29-45(42)73-6)66(5)48-55(41)22-26-67-24-16-21-54(13-2,47(55)67)49(68)57(48,72)50(69)59-23-17-27-77(8,9)75-78(10,11)36-76-52-60-32-38(33-61-52)34-62-64-58/h14-16,18-19,21,28-29,32-33,37,47-49,63,68,71-72H,12-13,17,20,22-27,30-31,34-36H2,1-11H3,(H,59,69)/t37-,47-,48+,49+,53-,54+,55+,56-,57-/m0/s1. The maximum absolute atomic E-state index is 15.6. The number of methoxy groups -OCH3 is 2. The van der Waals surface area contributed by atoms with E-state index in [4.69, 9.17) is 19.1 Å².